The summed E-state index contributed by atoms with van der Waals surface area (Å²) < 4.78 is 22.5. The molecule has 2 rings (SSSR count). The Labute approximate surface area is 209 Å². The molecule has 0 fully saturated rings. The highest BCUT2D eigenvalue weighted by molar-refractivity contribution is 9.10. The van der Waals surface area contributed by atoms with Gasteiger partial charge in [-0.3, -0.25) is 10.1 Å². The van der Waals surface area contributed by atoms with Crippen LogP contribution in [-0.2, 0) is 11.3 Å². The number of methoxy groups -OCH3 is 2. The van der Waals surface area contributed by atoms with Crippen molar-refractivity contribution in [3.05, 3.63) is 52.0 Å². The SMILES string of the molecule is COCCOc1ccc(C(=O)NC(=S)NCc2ccc(OCCC(C)C)c(OC)c2)cc1Br. The van der Waals surface area contributed by atoms with Crippen LogP contribution in [0.25, 0.3) is 0 Å². The smallest absolute Gasteiger partial charge is 0.257 e. The molecule has 0 saturated carbocycles. The van der Waals surface area contributed by atoms with Gasteiger partial charge in [0.1, 0.15) is 12.4 Å². The van der Waals surface area contributed by atoms with E-state index in [2.05, 4.69) is 40.4 Å². The van der Waals surface area contributed by atoms with Crippen LogP contribution in [0.1, 0.15) is 36.2 Å². The normalized spacial score (nSPS) is 10.6. The number of nitrogens with one attached hydrogen (secondary N) is 2. The van der Waals surface area contributed by atoms with Crippen LogP contribution in [0.15, 0.2) is 40.9 Å². The van der Waals surface area contributed by atoms with E-state index >= 15 is 0 Å². The molecule has 9 heteroatoms. The minimum atomic E-state index is -0.317. The van der Waals surface area contributed by atoms with Crippen LogP contribution >= 0.6 is 28.1 Å². The molecule has 0 radical (unpaired) electrons. The first-order chi connectivity index (χ1) is 15.8. The maximum Gasteiger partial charge on any atom is 0.257 e. The third-order valence-electron chi connectivity index (χ3n) is 4.60. The minimum absolute atomic E-state index is 0.229. The number of thiocarbonyl (C=S) groups is 1. The molecule has 2 N–H and O–H groups in total. The second-order valence-electron chi connectivity index (χ2n) is 7.64. The minimum Gasteiger partial charge on any atom is -0.493 e. The molecule has 2 aromatic rings. The molecule has 0 bridgehead atoms. The molecule has 0 aromatic heterocycles. The van der Waals surface area contributed by atoms with Gasteiger partial charge in [-0.1, -0.05) is 19.9 Å². The van der Waals surface area contributed by atoms with Gasteiger partial charge in [0.05, 0.1) is 24.8 Å². The van der Waals surface area contributed by atoms with Crippen molar-refractivity contribution in [1.29, 1.82) is 0 Å². The molecule has 0 aliphatic rings. The highest BCUT2D eigenvalue weighted by atomic mass is 79.9. The number of halogens is 1. The Kier molecular flexibility index (Phi) is 11.4. The van der Waals surface area contributed by atoms with Gasteiger partial charge in [0.15, 0.2) is 16.6 Å². The van der Waals surface area contributed by atoms with Crippen LogP contribution in [0.5, 0.6) is 17.2 Å². The lowest BCUT2D eigenvalue weighted by molar-refractivity contribution is 0.0976. The van der Waals surface area contributed by atoms with Crippen molar-refractivity contribution in [2.24, 2.45) is 5.92 Å². The molecule has 7 nitrogen and oxygen atoms in total. The average molecular weight is 539 g/mol. The lowest BCUT2D eigenvalue weighted by Crippen LogP contribution is -2.38. The van der Waals surface area contributed by atoms with Gasteiger partial charge in [0, 0.05) is 19.2 Å². The van der Waals surface area contributed by atoms with Gasteiger partial charge < -0.3 is 24.3 Å². The molecule has 2 aromatic carbocycles. The van der Waals surface area contributed by atoms with Crippen LogP contribution in [-0.4, -0.2) is 45.1 Å². The first kappa shape index (κ1) is 26.9. The summed E-state index contributed by atoms with van der Waals surface area (Å²) in [6.45, 7) is 6.28. The number of benzene rings is 2. The molecule has 0 aliphatic carbocycles. The molecule has 0 atom stereocenters. The van der Waals surface area contributed by atoms with Crippen molar-refractivity contribution in [3.63, 3.8) is 0 Å². The second-order valence-corrected chi connectivity index (χ2v) is 8.90. The van der Waals surface area contributed by atoms with E-state index in [1.54, 1.807) is 32.4 Å². The molecule has 0 unspecified atom stereocenters. The van der Waals surface area contributed by atoms with Gasteiger partial charge in [0.25, 0.3) is 5.91 Å². The molecule has 0 spiro atoms. The van der Waals surface area contributed by atoms with Crippen LogP contribution in [0.3, 0.4) is 0 Å². The van der Waals surface area contributed by atoms with Crippen molar-refractivity contribution in [2.45, 2.75) is 26.8 Å². The van der Waals surface area contributed by atoms with E-state index in [-0.39, 0.29) is 11.0 Å². The highest BCUT2D eigenvalue weighted by Gasteiger charge is 2.12. The van der Waals surface area contributed by atoms with E-state index in [4.69, 9.17) is 31.2 Å². The first-order valence-corrected chi connectivity index (χ1v) is 11.8. The fourth-order valence-corrected chi connectivity index (χ4v) is 3.40. The second kappa shape index (κ2) is 14.0. The van der Waals surface area contributed by atoms with E-state index in [1.807, 2.05) is 18.2 Å². The van der Waals surface area contributed by atoms with Gasteiger partial charge in [0.2, 0.25) is 0 Å². The maximum atomic E-state index is 12.5. The summed E-state index contributed by atoms with van der Waals surface area (Å²) in [5, 5.41) is 5.96. The van der Waals surface area contributed by atoms with E-state index in [1.165, 1.54) is 0 Å². The number of carbonyl (C=O) groups is 1. The number of hydrogen-bond acceptors (Lipinski definition) is 6. The number of hydrogen-bond donors (Lipinski definition) is 2. The Morgan fingerprint density at radius 2 is 1.73 bits per heavy atom. The van der Waals surface area contributed by atoms with Crippen molar-refractivity contribution >= 4 is 39.2 Å². The molecule has 0 heterocycles. The zero-order chi connectivity index (χ0) is 24.2. The van der Waals surface area contributed by atoms with Crippen molar-refractivity contribution in [2.75, 3.05) is 34.0 Å². The Morgan fingerprint density at radius 1 is 1.00 bits per heavy atom. The zero-order valence-electron chi connectivity index (χ0n) is 19.4. The molecular formula is C24H31BrN2O5S. The summed E-state index contributed by atoms with van der Waals surface area (Å²) in [5.41, 5.74) is 1.40. The summed E-state index contributed by atoms with van der Waals surface area (Å²) in [5.74, 6) is 2.26. The first-order valence-electron chi connectivity index (χ1n) is 10.6. The lowest BCUT2D eigenvalue weighted by atomic mass is 10.1. The molecule has 33 heavy (non-hydrogen) atoms. The summed E-state index contributed by atoms with van der Waals surface area (Å²) in [6.07, 6.45) is 0.973. The third-order valence-corrected chi connectivity index (χ3v) is 5.47. The van der Waals surface area contributed by atoms with E-state index in [0.29, 0.717) is 59.6 Å². The van der Waals surface area contributed by atoms with Gasteiger partial charge in [-0.2, -0.15) is 0 Å². The third kappa shape index (κ3) is 9.19. The predicted molar refractivity (Wildman–Crippen MR) is 136 cm³/mol. The van der Waals surface area contributed by atoms with Gasteiger partial charge in [-0.25, -0.2) is 0 Å². The molecule has 1 amide bonds. The Bertz CT molecular complexity index is 939. The Balaban J connectivity index is 1.88. The fraction of sp³-hybridized carbons (Fsp3) is 0.417. The quantitative estimate of drug-likeness (QED) is 0.299. The number of amides is 1. The van der Waals surface area contributed by atoms with E-state index in [0.717, 1.165) is 12.0 Å². The van der Waals surface area contributed by atoms with Crippen LogP contribution in [0, 0.1) is 5.92 Å². The van der Waals surface area contributed by atoms with Crippen LogP contribution in [0.4, 0.5) is 0 Å². The molecular weight excluding hydrogens is 508 g/mol. The fourth-order valence-electron chi connectivity index (χ4n) is 2.74. The summed E-state index contributed by atoms with van der Waals surface area (Å²) in [7, 11) is 3.22. The summed E-state index contributed by atoms with van der Waals surface area (Å²) in [6, 6.07) is 10.8. The monoisotopic (exact) mass is 538 g/mol. The standard InChI is InChI=1S/C24H31BrN2O5S/c1-16(2)9-10-31-21-7-5-17(13-22(21)30-4)15-26-24(33)27-23(28)18-6-8-20(19(25)14-18)32-12-11-29-3/h5-8,13-14,16H,9-12,15H2,1-4H3,(H2,26,27,28,33). The van der Waals surface area contributed by atoms with Gasteiger partial charge >= 0.3 is 0 Å². The van der Waals surface area contributed by atoms with Gasteiger partial charge in [-0.05, 0) is 76.4 Å². The number of carbonyl (C=O) groups excluding carboxylic acids is 1. The average Bonchev–Trinajstić information content (AvgIpc) is 2.79. The largest absolute Gasteiger partial charge is 0.493 e. The van der Waals surface area contributed by atoms with E-state index < -0.39 is 0 Å². The Morgan fingerprint density at radius 3 is 2.39 bits per heavy atom. The van der Waals surface area contributed by atoms with Crippen molar-refractivity contribution in [1.82, 2.24) is 10.6 Å². The number of ether oxygens (including phenoxy) is 4. The van der Waals surface area contributed by atoms with Crippen molar-refractivity contribution in [3.8, 4) is 17.2 Å². The van der Waals surface area contributed by atoms with E-state index in [9.17, 15) is 4.79 Å². The predicted octanol–water partition coefficient (Wildman–Crippen LogP) is 4.71. The zero-order valence-corrected chi connectivity index (χ0v) is 21.8. The summed E-state index contributed by atoms with van der Waals surface area (Å²) >= 11 is 8.70. The maximum absolute atomic E-state index is 12.5. The topological polar surface area (TPSA) is 78.1 Å². The Hall–Kier alpha value is -2.36. The molecule has 0 aliphatic heterocycles. The summed E-state index contributed by atoms with van der Waals surface area (Å²) in [4.78, 5) is 12.5. The lowest BCUT2D eigenvalue weighted by Gasteiger charge is -2.14. The van der Waals surface area contributed by atoms with Crippen LogP contribution in [0.2, 0.25) is 0 Å². The van der Waals surface area contributed by atoms with Crippen molar-refractivity contribution < 1.29 is 23.7 Å². The van der Waals surface area contributed by atoms with Gasteiger partial charge in [-0.15, -0.1) is 0 Å². The molecule has 180 valence electrons. The molecule has 0 saturated heterocycles. The highest BCUT2D eigenvalue weighted by Crippen LogP contribution is 2.28. The number of rotatable bonds is 12. The van der Waals surface area contributed by atoms with Crippen LogP contribution < -0.4 is 24.8 Å².